The molecule has 0 N–H and O–H groups in total. The van der Waals surface area contributed by atoms with Gasteiger partial charge in [0.05, 0.1) is 0 Å². The lowest BCUT2D eigenvalue weighted by molar-refractivity contribution is 0.499. The molecule has 0 amide bonds. The van der Waals surface area contributed by atoms with Crippen LogP contribution in [0.3, 0.4) is 0 Å². The zero-order chi connectivity index (χ0) is 32.3. The van der Waals surface area contributed by atoms with Gasteiger partial charge in [0.1, 0.15) is 22.7 Å². The van der Waals surface area contributed by atoms with E-state index in [1.165, 1.54) is 31.3 Å². The van der Waals surface area contributed by atoms with Gasteiger partial charge in [0.25, 0.3) is 0 Å². The first-order valence-electron chi connectivity index (χ1n) is 16.6. The molecule has 0 atom stereocenters. The van der Waals surface area contributed by atoms with Crippen LogP contribution in [0.1, 0.15) is 11.1 Å². The Hall–Kier alpha value is -6.10. The number of hydrogen-bond donors (Lipinski definition) is 0. The van der Waals surface area contributed by atoms with Crippen molar-refractivity contribution < 1.29 is 9.15 Å². The summed E-state index contributed by atoms with van der Waals surface area (Å²) in [6.45, 7) is 0. The molecule has 1 aliphatic heterocycles. The molecule has 0 saturated carbocycles. The highest BCUT2D eigenvalue weighted by Gasteiger charge is 2.22. The third-order valence-electron chi connectivity index (χ3n) is 9.56. The Bertz CT molecular complexity index is 2700. The average molecular weight is 648 g/mol. The Balaban J connectivity index is 1.14. The average Bonchev–Trinajstić information content (AvgIpc) is 3.74. The summed E-state index contributed by atoms with van der Waals surface area (Å²) in [4.78, 5) is 2.36. The lowest BCUT2D eigenvalue weighted by Crippen LogP contribution is -2.09. The zero-order valence-corrected chi connectivity index (χ0v) is 27.3. The smallest absolute Gasteiger partial charge is 0.135 e. The Labute approximate surface area is 287 Å². The van der Waals surface area contributed by atoms with Crippen molar-refractivity contribution in [1.29, 1.82) is 0 Å². The van der Waals surface area contributed by atoms with Gasteiger partial charge in [-0.1, -0.05) is 91.0 Å². The summed E-state index contributed by atoms with van der Waals surface area (Å²) in [5.41, 5.74) is 9.62. The first kappa shape index (κ1) is 28.0. The number of furan rings is 1. The van der Waals surface area contributed by atoms with Crippen LogP contribution in [-0.2, 0) is 6.42 Å². The van der Waals surface area contributed by atoms with Crippen LogP contribution >= 0.6 is 11.3 Å². The van der Waals surface area contributed by atoms with E-state index in [0.717, 1.165) is 68.1 Å². The third kappa shape index (κ3) is 4.72. The second-order valence-corrected chi connectivity index (χ2v) is 13.5. The van der Waals surface area contributed by atoms with E-state index in [1.807, 2.05) is 41.7 Å². The molecule has 3 heterocycles. The van der Waals surface area contributed by atoms with Crippen molar-refractivity contribution >= 4 is 76.3 Å². The number of fused-ring (bicyclic) bond motifs is 8. The number of ether oxygens (including phenoxy) is 1. The number of hydrogen-bond acceptors (Lipinski definition) is 4. The van der Waals surface area contributed by atoms with Crippen LogP contribution in [-0.4, -0.2) is 0 Å². The van der Waals surface area contributed by atoms with Gasteiger partial charge in [0.2, 0.25) is 0 Å². The third-order valence-corrected chi connectivity index (χ3v) is 10.7. The molecule has 7 aromatic carbocycles. The highest BCUT2D eigenvalue weighted by molar-refractivity contribution is 7.25. The fraction of sp³-hybridized carbons (Fsp3) is 0.0222. The van der Waals surface area contributed by atoms with Gasteiger partial charge < -0.3 is 14.1 Å². The van der Waals surface area contributed by atoms with Gasteiger partial charge in [-0.3, -0.25) is 0 Å². The summed E-state index contributed by atoms with van der Waals surface area (Å²) in [5.74, 6) is 1.77. The predicted molar refractivity (Wildman–Crippen MR) is 205 cm³/mol. The minimum atomic E-state index is 0.766. The lowest BCUT2D eigenvalue weighted by atomic mass is 9.99. The normalized spacial score (nSPS) is 12.7. The maximum Gasteiger partial charge on any atom is 0.135 e. The minimum absolute atomic E-state index is 0.766. The van der Waals surface area contributed by atoms with Crippen molar-refractivity contribution in [3.05, 3.63) is 175 Å². The van der Waals surface area contributed by atoms with Gasteiger partial charge in [-0.15, -0.1) is 11.3 Å². The van der Waals surface area contributed by atoms with Crippen LogP contribution in [0.5, 0.6) is 5.75 Å². The molecular weight excluding hydrogens is 619 g/mol. The van der Waals surface area contributed by atoms with E-state index < -0.39 is 0 Å². The Morgan fingerprint density at radius 1 is 0.490 bits per heavy atom. The SMILES string of the molecule is C1=C(c2ccccc2)Oc2ccc3oc4ccc(N(c5ccc(-c6ccccc6)cc5)c5ccc6sc7ccccc7c6c5)cc4c3c2C1. The second-order valence-electron chi connectivity index (χ2n) is 12.5. The molecule has 49 heavy (non-hydrogen) atoms. The molecular formula is C45H29NO2S. The minimum Gasteiger partial charge on any atom is -0.457 e. The standard InChI is InChI=1S/C45H29NO2S/c1-3-9-29(10-4-1)30-15-17-32(18-16-30)46(34-20-26-44-37(27-34)35-13-7-8-14-43(35)49-44)33-19-22-41-38(28-33)45-36-21-23-39(31-11-5-2-6-12-31)47-40(36)24-25-42(45)48-41/h1-20,22-28H,21H2. The first-order chi connectivity index (χ1) is 24.3. The number of rotatable bonds is 5. The summed E-state index contributed by atoms with van der Waals surface area (Å²) in [6, 6.07) is 55.9. The molecule has 0 bridgehead atoms. The molecule has 0 radical (unpaired) electrons. The monoisotopic (exact) mass is 647 g/mol. The first-order valence-corrected chi connectivity index (χ1v) is 17.4. The number of anilines is 3. The van der Waals surface area contributed by atoms with E-state index in [2.05, 4.69) is 138 Å². The second kappa shape index (κ2) is 11.3. The van der Waals surface area contributed by atoms with Crippen molar-refractivity contribution in [3.8, 4) is 16.9 Å². The molecule has 0 fully saturated rings. The molecule has 2 aromatic heterocycles. The summed E-state index contributed by atoms with van der Waals surface area (Å²) in [5, 5.41) is 4.74. The van der Waals surface area contributed by atoms with Crippen molar-refractivity contribution in [2.24, 2.45) is 0 Å². The quantitative estimate of drug-likeness (QED) is 0.186. The van der Waals surface area contributed by atoms with Crippen LogP contribution in [0.15, 0.2) is 168 Å². The molecule has 4 heteroatoms. The van der Waals surface area contributed by atoms with Gasteiger partial charge in [-0.05, 0) is 90.4 Å². The zero-order valence-electron chi connectivity index (χ0n) is 26.5. The maximum atomic E-state index is 6.49. The predicted octanol–water partition coefficient (Wildman–Crippen LogP) is 13.1. The summed E-state index contributed by atoms with van der Waals surface area (Å²) in [6.07, 6.45) is 2.95. The Morgan fingerprint density at radius 3 is 1.94 bits per heavy atom. The molecule has 232 valence electrons. The number of thiophene rings is 1. The highest BCUT2D eigenvalue weighted by atomic mass is 32.1. The Morgan fingerprint density at radius 2 is 1.12 bits per heavy atom. The van der Waals surface area contributed by atoms with Crippen LogP contribution in [0, 0.1) is 0 Å². The van der Waals surface area contributed by atoms with Crippen LogP contribution < -0.4 is 9.64 Å². The van der Waals surface area contributed by atoms with E-state index in [0.29, 0.717) is 0 Å². The number of nitrogens with zero attached hydrogens (tertiary/aromatic N) is 1. The summed E-state index contributed by atoms with van der Waals surface area (Å²) >= 11 is 1.84. The van der Waals surface area contributed by atoms with E-state index in [-0.39, 0.29) is 0 Å². The summed E-state index contributed by atoms with van der Waals surface area (Å²) in [7, 11) is 0. The van der Waals surface area contributed by atoms with Crippen molar-refractivity contribution in [2.75, 3.05) is 4.90 Å². The molecule has 10 rings (SSSR count). The van der Waals surface area contributed by atoms with Gasteiger partial charge in [-0.2, -0.15) is 0 Å². The fourth-order valence-corrected chi connectivity index (χ4v) is 8.30. The highest BCUT2D eigenvalue weighted by Crippen LogP contribution is 2.45. The summed E-state index contributed by atoms with van der Waals surface area (Å²) < 4.78 is 15.5. The molecule has 1 aliphatic rings. The van der Waals surface area contributed by atoms with Crippen LogP contribution in [0.4, 0.5) is 17.1 Å². The maximum absolute atomic E-state index is 6.49. The topological polar surface area (TPSA) is 25.6 Å². The van der Waals surface area contributed by atoms with Gasteiger partial charge in [0.15, 0.2) is 0 Å². The van der Waals surface area contributed by atoms with E-state index in [9.17, 15) is 0 Å². The number of benzene rings is 7. The van der Waals surface area contributed by atoms with Crippen LogP contribution in [0.2, 0.25) is 0 Å². The molecule has 0 unspecified atom stereocenters. The molecule has 0 spiro atoms. The molecule has 9 aromatic rings. The molecule has 0 saturated heterocycles. The van der Waals surface area contributed by atoms with E-state index in [1.54, 1.807) is 0 Å². The van der Waals surface area contributed by atoms with Crippen molar-refractivity contribution in [1.82, 2.24) is 0 Å². The van der Waals surface area contributed by atoms with Crippen LogP contribution in [0.25, 0.3) is 59.0 Å². The number of allylic oxidation sites excluding steroid dienone is 1. The largest absolute Gasteiger partial charge is 0.457 e. The molecule has 0 aliphatic carbocycles. The van der Waals surface area contributed by atoms with Gasteiger partial charge in [0, 0.05) is 59.1 Å². The van der Waals surface area contributed by atoms with Gasteiger partial charge in [-0.25, -0.2) is 0 Å². The lowest BCUT2D eigenvalue weighted by Gasteiger charge is -2.26. The van der Waals surface area contributed by atoms with Crippen molar-refractivity contribution in [2.45, 2.75) is 6.42 Å². The van der Waals surface area contributed by atoms with Crippen molar-refractivity contribution in [3.63, 3.8) is 0 Å². The Kier molecular flexibility index (Phi) is 6.42. The fourth-order valence-electron chi connectivity index (χ4n) is 7.21. The van der Waals surface area contributed by atoms with E-state index >= 15 is 0 Å². The van der Waals surface area contributed by atoms with Gasteiger partial charge >= 0.3 is 0 Å². The molecule has 3 nitrogen and oxygen atoms in total. The van der Waals surface area contributed by atoms with E-state index in [4.69, 9.17) is 9.15 Å².